The van der Waals surface area contributed by atoms with Gasteiger partial charge >= 0.3 is 0 Å². The van der Waals surface area contributed by atoms with Gasteiger partial charge in [0.2, 0.25) is 0 Å². The Hall–Kier alpha value is -1.09. The SMILES string of the molecule is NCC1(Oc2ccccc2F)CCCCC1. The van der Waals surface area contributed by atoms with Crippen molar-refractivity contribution in [1.82, 2.24) is 0 Å². The van der Waals surface area contributed by atoms with Crippen molar-refractivity contribution in [3.63, 3.8) is 0 Å². The molecule has 1 saturated carbocycles. The molecule has 88 valence electrons. The molecule has 0 amide bonds. The second-order valence-electron chi connectivity index (χ2n) is 4.48. The van der Waals surface area contributed by atoms with Crippen molar-refractivity contribution >= 4 is 0 Å². The Morgan fingerprint density at radius 3 is 2.50 bits per heavy atom. The lowest BCUT2D eigenvalue weighted by Crippen LogP contribution is -2.45. The van der Waals surface area contributed by atoms with Crippen LogP contribution in [0.1, 0.15) is 32.1 Å². The highest BCUT2D eigenvalue weighted by atomic mass is 19.1. The van der Waals surface area contributed by atoms with Gasteiger partial charge < -0.3 is 10.5 Å². The second kappa shape index (κ2) is 4.83. The van der Waals surface area contributed by atoms with Gasteiger partial charge in [0, 0.05) is 6.54 Å². The molecule has 0 saturated heterocycles. The smallest absolute Gasteiger partial charge is 0.165 e. The van der Waals surface area contributed by atoms with E-state index >= 15 is 0 Å². The zero-order valence-electron chi connectivity index (χ0n) is 9.42. The predicted molar refractivity (Wildman–Crippen MR) is 61.9 cm³/mol. The average Bonchev–Trinajstić information content (AvgIpc) is 2.33. The molecule has 0 spiro atoms. The van der Waals surface area contributed by atoms with Crippen LogP contribution in [0.5, 0.6) is 5.75 Å². The predicted octanol–water partition coefficient (Wildman–Crippen LogP) is 2.87. The first kappa shape index (κ1) is 11.4. The summed E-state index contributed by atoms with van der Waals surface area (Å²) in [5.41, 5.74) is 5.44. The Balaban J connectivity index is 2.15. The minimum Gasteiger partial charge on any atom is -0.483 e. The normalized spacial score (nSPS) is 19.4. The molecule has 1 aliphatic rings. The van der Waals surface area contributed by atoms with Crippen molar-refractivity contribution in [1.29, 1.82) is 0 Å². The zero-order valence-corrected chi connectivity index (χ0v) is 9.42. The van der Waals surface area contributed by atoms with Gasteiger partial charge in [-0.1, -0.05) is 18.6 Å². The topological polar surface area (TPSA) is 35.2 Å². The molecule has 1 fully saturated rings. The molecule has 0 unspecified atom stereocenters. The van der Waals surface area contributed by atoms with Gasteiger partial charge in [-0.2, -0.15) is 0 Å². The molecule has 1 aromatic rings. The van der Waals surface area contributed by atoms with Crippen LogP contribution in [0.3, 0.4) is 0 Å². The van der Waals surface area contributed by atoms with Crippen LogP contribution in [0.4, 0.5) is 4.39 Å². The number of benzene rings is 1. The van der Waals surface area contributed by atoms with Gasteiger partial charge in [0.15, 0.2) is 11.6 Å². The lowest BCUT2D eigenvalue weighted by atomic mass is 9.84. The Bertz CT molecular complexity index is 348. The molecule has 1 aliphatic carbocycles. The Labute approximate surface area is 95.6 Å². The summed E-state index contributed by atoms with van der Waals surface area (Å²) in [5.74, 6) is 0.0238. The van der Waals surface area contributed by atoms with Crippen LogP contribution in [0.25, 0.3) is 0 Å². The van der Waals surface area contributed by atoms with E-state index in [1.165, 1.54) is 12.5 Å². The number of ether oxygens (including phenoxy) is 1. The third kappa shape index (κ3) is 2.35. The Morgan fingerprint density at radius 2 is 1.88 bits per heavy atom. The van der Waals surface area contributed by atoms with E-state index in [0.717, 1.165) is 25.7 Å². The van der Waals surface area contributed by atoms with Crippen molar-refractivity contribution in [3.05, 3.63) is 30.1 Å². The van der Waals surface area contributed by atoms with E-state index in [4.69, 9.17) is 10.5 Å². The van der Waals surface area contributed by atoms with Crippen molar-refractivity contribution in [2.75, 3.05) is 6.54 Å². The van der Waals surface area contributed by atoms with E-state index < -0.39 is 0 Å². The van der Waals surface area contributed by atoms with Crippen LogP contribution in [-0.4, -0.2) is 12.1 Å². The third-order valence-corrected chi connectivity index (χ3v) is 3.30. The molecule has 2 nitrogen and oxygen atoms in total. The molecule has 3 heteroatoms. The summed E-state index contributed by atoms with van der Waals surface area (Å²) in [7, 11) is 0. The third-order valence-electron chi connectivity index (χ3n) is 3.30. The molecule has 1 aromatic carbocycles. The Morgan fingerprint density at radius 1 is 1.19 bits per heavy atom. The summed E-state index contributed by atoms with van der Waals surface area (Å²) >= 11 is 0. The van der Waals surface area contributed by atoms with E-state index in [2.05, 4.69) is 0 Å². The summed E-state index contributed by atoms with van der Waals surface area (Å²) in [6, 6.07) is 6.54. The maximum atomic E-state index is 13.5. The van der Waals surface area contributed by atoms with Crippen molar-refractivity contribution in [2.24, 2.45) is 5.73 Å². The molecule has 0 radical (unpaired) electrons. The first-order valence-electron chi connectivity index (χ1n) is 5.89. The van der Waals surface area contributed by atoms with Crippen LogP contribution in [0.2, 0.25) is 0 Å². The van der Waals surface area contributed by atoms with Crippen LogP contribution in [-0.2, 0) is 0 Å². The number of nitrogens with two attached hydrogens (primary N) is 1. The van der Waals surface area contributed by atoms with Crippen LogP contribution >= 0.6 is 0 Å². The van der Waals surface area contributed by atoms with Crippen LogP contribution in [0, 0.1) is 5.82 Å². The highest BCUT2D eigenvalue weighted by molar-refractivity contribution is 5.24. The Kier molecular flexibility index (Phi) is 3.44. The monoisotopic (exact) mass is 223 g/mol. The molecule has 0 aliphatic heterocycles. The second-order valence-corrected chi connectivity index (χ2v) is 4.48. The number of hydrogen-bond donors (Lipinski definition) is 1. The number of hydrogen-bond acceptors (Lipinski definition) is 2. The standard InChI is InChI=1S/C13H18FNO/c14-11-6-2-3-7-12(11)16-13(10-15)8-4-1-5-9-13/h2-3,6-7H,1,4-5,8-10,15H2. The molecule has 0 aromatic heterocycles. The van der Waals surface area contributed by atoms with Crippen LogP contribution in [0.15, 0.2) is 24.3 Å². The summed E-state index contributed by atoms with van der Waals surface area (Å²) < 4.78 is 19.3. The number of rotatable bonds is 3. The molecule has 2 rings (SSSR count). The zero-order chi connectivity index (χ0) is 11.4. The number of para-hydroxylation sites is 1. The fourth-order valence-corrected chi connectivity index (χ4v) is 2.30. The first-order chi connectivity index (χ1) is 7.76. The summed E-state index contributed by atoms with van der Waals surface area (Å²) in [6.45, 7) is 0.460. The molecule has 0 atom stereocenters. The largest absolute Gasteiger partial charge is 0.483 e. The van der Waals surface area contributed by atoms with Gasteiger partial charge in [0.25, 0.3) is 0 Å². The quantitative estimate of drug-likeness (QED) is 0.855. The molecule has 0 heterocycles. The van der Waals surface area contributed by atoms with Crippen molar-refractivity contribution < 1.29 is 9.13 Å². The van der Waals surface area contributed by atoms with Crippen LogP contribution < -0.4 is 10.5 Å². The molecular formula is C13H18FNO. The van der Waals surface area contributed by atoms with E-state index in [-0.39, 0.29) is 11.4 Å². The average molecular weight is 223 g/mol. The highest BCUT2D eigenvalue weighted by Gasteiger charge is 2.33. The molecule has 0 bridgehead atoms. The maximum Gasteiger partial charge on any atom is 0.165 e. The molecule has 2 N–H and O–H groups in total. The van der Waals surface area contributed by atoms with Gasteiger partial charge in [-0.3, -0.25) is 0 Å². The van der Waals surface area contributed by atoms with Gasteiger partial charge in [-0.25, -0.2) is 4.39 Å². The van der Waals surface area contributed by atoms with E-state index in [0.29, 0.717) is 12.3 Å². The van der Waals surface area contributed by atoms with Crippen molar-refractivity contribution in [3.8, 4) is 5.75 Å². The van der Waals surface area contributed by atoms with Gasteiger partial charge in [-0.15, -0.1) is 0 Å². The lowest BCUT2D eigenvalue weighted by molar-refractivity contribution is 0.0349. The molecule has 16 heavy (non-hydrogen) atoms. The lowest BCUT2D eigenvalue weighted by Gasteiger charge is -2.36. The van der Waals surface area contributed by atoms with E-state index in [1.54, 1.807) is 18.2 Å². The fourth-order valence-electron chi connectivity index (χ4n) is 2.30. The maximum absolute atomic E-state index is 13.5. The summed E-state index contributed by atoms with van der Waals surface area (Å²) in [6.07, 6.45) is 5.31. The van der Waals surface area contributed by atoms with Crippen molar-refractivity contribution in [2.45, 2.75) is 37.7 Å². The first-order valence-corrected chi connectivity index (χ1v) is 5.89. The van der Waals surface area contributed by atoms with Gasteiger partial charge in [0.05, 0.1) is 0 Å². The van der Waals surface area contributed by atoms with E-state index in [9.17, 15) is 4.39 Å². The van der Waals surface area contributed by atoms with Gasteiger partial charge in [0.1, 0.15) is 5.60 Å². The molecular weight excluding hydrogens is 205 g/mol. The summed E-state index contributed by atoms with van der Waals surface area (Å²) in [5, 5.41) is 0. The number of halogens is 1. The van der Waals surface area contributed by atoms with Gasteiger partial charge in [-0.05, 0) is 37.8 Å². The minimum atomic E-state index is -0.347. The summed E-state index contributed by atoms with van der Waals surface area (Å²) in [4.78, 5) is 0. The fraction of sp³-hybridized carbons (Fsp3) is 0.538. The highest BCUT2D eigenvalue weighted by Crippen LogP contribution is 2.33. The van der Waals surface area contributed by atoms with E-state index in [1.807, 2.05) is 0 Å². The minimum absolute atomic E-state index is 0.305.